The largest absolute Gasteiger partial charge is 0.457 e. The Morgan fingerprint density at radius 1 is 1.09 bits per heavy atom. The highest BCUT2D eigenvalue weighted by molar-refractivity contribution is 5.88. The Bertz CT molecular complexity index is 1470. The van der Waals surface area contributed by atoms with Crippen LogP contribution in [0.5, 0.6) is 11.5 Å². The second-order valence-corrected chi connectivity index (χ2v) is 7.72. The first-order valence-electron chi connectivity index (χ1n) is 10.2. The Morgan fingerprint density at radius 3 is 2.41 bits per heavy atom. The number of carbonyl (C=O) groups excluding carboxylic acids is 1. The fourth-order valence-electron chi connectivity index (χ4n) is 3.95. The number of aromatic nitrogens is 4. The van der Waals surface area contributed by atoms with Gasteiger partial charge in [0.15, 0.2) is 11.5 Å². The minimum atomic E-state index is -0.759. The summed E-state index contributed by atoms with van der Waals surface area (Å²) in [5.74, 6) is -1.30. The zero-order valence-corrected chi connectivity index (χ0v) is 17.7. The highest BCUT2D eigenvalue weighted by Gasteiger charge is 2.34. The first-order chi connectivity index (χ1) is 16.4. The number of ether oxygens (including phenoxy) is 1. The van der Waals surface area contributed by atoms with Gasteiger partial charge in [0.05, 0.1) is 11.7 Å². The van der Waals surface area contributed by atoms with Gasteiger partial charge >= 0.3 is 5.69 Å². The summed E-state index contributed by atoms with van der Waals surface area (Å²) in [6.45, 7) is 4.15. The van der Waals surface area contributed by atoms with E-state index in [9.17, 15) is 18.4 Å². The van der Waals surface area contributed by atoms with E-state index in [-0.39, 0.29) is 23.5 Å². The van der Waals surface area contributed by atoms with Crippen LogP contribution in [0.25, 0.3) is 16.9 Å². The molecule has 0 saturated carbocycles. The van der Waals surface area contributed by atoms with Gasteiger partial charge in [-0.05, 0) is 30.3 Å². The van der Waals surface area contributed by atoms with Gasteiger partial charge in [0.1, 0.15) is 35.0 Å². The number of likely N-dealkylation sites (tertiary alicyclic amines) is 1. The van der Waals surface area contributed by atoms with Crippen molar-refractivity contribution in [2.45, 2.75) is 6.04 Å². The minimum Gasteiger partial charge on any atom is -0.457 e. The van der Waals surface area contributed by atoms with Crippen LogP contribution in [-0.4, -0.2) is 43.0 Å². The van der Waals surface area contributed by atoms with E-state index in [1.54, 1.807) is 29.2 Å². The highest BCUT2D eigenvalue weighted by atomic mass is 19.1. The molecule has 5 rings (SSSR count). The third kappa shape index (κ3) is 3.56. The molecule has 1 aliphatic rings. The van der Waals surface area contributed by atoms with Crippen molar-refractivity contribution in [2.75, 3.05) is 18.8 Å². The van der Waals surface area contributed by atoms with Crippen LogP contribution in [0.4, 0.5) is 14.6 Å². The first kappa shape index (κ1) is 21.3. The van der Waals surface area contributed by atoms with Crippen LogP contribution in [0.15, 0.2) is 66.2 Å². The summed E-state index contributed by atoms with van der Waals surface area (Å²) < 4.78 is 35.3. The average molecular weight is 464 g/mol. The van der Waals surface area contributed by atoms with Crippen molar-refractivity contribution in [1.29, 1.82) is 0 Å². The van der Waals surface area contributed by atoms with Gasteiger partial charge in [-0.1, -0.05) is 6.58 Å². The molecule has 0 atom stereocenters. The summed E-state index contributed by atoms with van der Waals surface area (Å²) in [6.07, 6.45) is 2.50. The number of nitrogens with zero attached hydrogens (tertiary/aromatic N) is 5. The number of hydrogen-bond donors (Lipinski definition) is 1. The monoisotopic (exact) mass is 464 g/mol. The number of amides is 1. The Kier molecular flexibility index (Phi) is 5.08. The maximum absolute atomic E-state index is 13.4. The van der Waals surface area contributed by atoms with Crippen LogP contribution >= 0.6 is 0 Å². The molecule has 0 bridgehead atoms. The third-order valence-electron chi connectivity index (χ3n) is 5.56. The molecule has 1 saturated heterocycles. The van der Waals surface area contributed by atoms with Crippen LogP contribution < -0.4 is 16.2 Å². The lowest BCUT2D eigenvalue weighted by Crippen LogP contribution is -2.52. The van der Waals surface area contributed by atoms with Crippen molar-refractivity contribution >= 4 is 22.9 Å². The van der Waals surface area contributed by atoms with E-state index in [4.69, 9.17) is 10.5 Å². The molecular formula is C23H18F2N6O3. The van der Waals surface area contributed by atoms with E-state index in [0.29, 0.717) is 35.7 Å². The summed E-state index contributed by atoms with van der Waals surface area (Å²) in [6, 6.07) is 8.93. The smallest absolute Gasteiger partial charge is 0.335 e. The highest BCUT2D eigenvalue weighted by Crippen LogP contribution is 2.29. The lowest BCUT2D eigenvalue weighted by molar-refractivity contribution is -0.131. The van der Waals surface area contributed by atoms with Gasteiger partial charge in [-0.2, -0.15) is 0 Å². The van der Waals surface area contributed by atoms with Gasteiger partial charge in [-0.15, -0.1) is 0 Å². The van der Waals surface area contributed by atoms with Gasteiger partial charge in [0.25, 0.3) is 0 Å². The van der Waals surface area contributed by atoms with Crippen LogP contribution in [0.3, 0.4) is 0 Å². The molecule has 1 fully saturated rings. The summed E-state index contributed by atoms with van der Waals surface area (Å²) in [4.78, 5) is 35.1. The predicted molar refractivity (Wildman–Crippen MR) is 120 cm³/mol. The number of halogens is 2. The number of carbonyl (C=O) groups is 1. The fraction of sp³-hybridized carbons (Fsp3) is 0.130. The SMILES string of the molecule is C=CC(=O)N1CC(n2c(=O)n(-c3ccc(Oc4cc(F)cc(F)c4)cc3)c3c(N)ncnc32)C1. The number of anilines is 1. The Balaban J connectivity index is 1.51. The van der Waals surface area contributed by atoms with Gasteiger partial charge in [0.2, 0.25) is 5.91 Å². The van der Waals surface area contributed by atoms with Crippen LogP contribution in [0.1, 0.15) is 6.04 Å². The molecule has 4 aromatic rings. The second-order valence-electron chi connectivity index (χ2n) is 7.72. The van der Waals surface area contributed by atoms with Gasteiger partial charge in [0, 0.05) is 31.3 Å². The number of benzene rings is 2. The quantitative estimate of drug-likeness (QED) is 0.455. The fourth-order valence-corrected chi connectivity index (χ4v) is 3.95. The maximum atomic E-state index is 13.4. The molecule has 9 nitrogen and oxygen atoms in total. The summed E-state index contributed by atoms with van der Waals surface area (Å²) >= 11 is 0. The number of nitrogen functional groups attached to an aromatic ring is 1. The number of nitrogens with two attached hydrogens (primary N) is 1. The lowest BCUT2D eigenvalue weighted by Gasteiger charge is -2.38. The summed E-state index contributed by atoms with van der Waals surface area (Å²) in [5.41, 5.74) is 6.86. The molecular weight excluding hydrogens is 446 g/mol. The van der Waals surface area contributed by atoms with Crippen LogP contribution in [0, 0.1) is 11.6 Å². The van der Waals surface area contributed by atoms with E-state index >= 15 is 0 Å². The second kappa shape index (κ2) is 8.10. The number of fused-ring (bicyclic) bond motifs is 1. The van der Waals surface area contributed by atoms with Gasteiger partial charge in [-0.25, -0.2) is 23.5 Å². The van der Waals surface area contributed by atoms with E-state index in [1.165, 1.54) is 21.5 Å². The zero-order chi connectivity index (χ0) is 24.0. The zero-order valence-electron chi connectivity index (χ0n) is 17.7. The van der Waals surface area contributed by atoms with Crippen molar-refractivity contribution in [1.82, 2.24) is 24.0 Å². The van der Waals surface area contributed by atoms with Crippen molar-refractivity contribution in [2.24, 2.45) is 0 Å². The molecule has 2 N–H and O–H groups in total. The topological polar surface area (TPSA) is 108 Å². The summed E-state index contributed by atoms with van der Waals surface area (Å²) in [7, 11) is 0. The van der Waals surface area contributed by atoms with E-state index in [0.717, 1.165) is 18.2 Å². The minimum absolute atomic E-state index is 0.000253. The molecule has 0 radical (unpaired) electrons. The number of rotatable bonds is 5. The van der Waals surface area contributed by atoms with E-state index < -0.39 is 17.3 Å². The number of imidazole rings is 1. The Hall–Kier alpha value is -4.54. The normalized spacial score (nSPS) is 13.6. The van der Waals surface area contributed by atoms with Crippen molar-refractivity contribution in [3.8, 4) is 17.2 Å². The molecule has 0 unspecified atom stereocenters. The van der Waals surface area contributed by atoms with Crippen molar-refractivity contribution < 1.29 is 18.3 Å². The number of hydrogen-bond acceptors (Lipinski definition) is 6. The molecule has 0 aliphatic carbocycles. The third-order valence-corrected chi connectivity index (χ3v) is 5.56. The average Bonchev–Trinajstić information content (AvgIpc) is 3.06. The Morgan fingerprint density at radius 2 is 1.76 bits per heavy atom. The van der Waals surface area contributed by atoms with Crippen molar-refractivity contribution in [3.63, 3.8) is 0 Å². The molecule has 172 valence electrons. The molecule has 2 aromatic heterocycles. The lowest BCUT2D eigenvalue weighted by atomic mass is 10.1. The van der Waals surface area contributed by atoms with Crippen LogP contribution in [0.2, 0.25) is 0 Å². The summed E-state index contributed by atoms with van der Waals surface area (Å²) in [5, 5.41) is 0. The molecule has 0 spiro atoms. The van der Waals surface area contributed by atoms with Crippen LogP contribution in [-0.2, 0) is 4.79 Å². The van der Waals surface area contributed by atoms with E-state index in [1.807, 2.05) is 0 Å². The molecule has 1 aliphatic heterocycles. The molecule has 1 amide bonds. The maximum Gasteiger partial charge on any atom is 0.335 e. The Labute approximate surface area is 191 Å². The first-order valence-corrected chi connectivity index (χ1v) is 10.2. The molecule has 34 heavy (non-hydrogen) atoms. The molecule has 3 heterocycles. The standard InChI is InChI=1S/C23H18F2N6O3/c1-2-19(32)29-10-16(11-29)31-22-20(21(26)27-12-28-22)30(23(31)33)15-3-5-17(6-4-15)34-18-8-13(24)7-14(25)9-18/h2-9,12,16H,1,10-11H2,(H2,26,27,28). The van der Waals surface area contributed by atoms with Gasteiger partial charge in [-0.3, -0.25) is 13.9 Å². The molecule has 2 aromatic carbocycles. The van der Waals surface area contributed by atoms with Crippen molar-refractivity contribution in [3.05, 3.63) is 83.6 Å². The van der Waals surface area contributed by atoms with E-state index in [2.05, 4.69) is 16.5 Å². The van der Waals surface area contributed by atoms with Gasteiger partial charge < -0.3 is 15.4 Å². The predicted octanol–water partition coefficient (Wildman–Crippen LogP) is 2.80. The molecule has 11 heteroatoms.